The summed E-state index contributed by atoms with van der Waals surface area (Å²) >= 11 is 0. The van der Waals surface area contributed by atoms with Crippen LogP contribution in [0.4, 0.5) is 5.82 Å². The van der Waals surface area contributed by atoms with Gasteiger partial charge in [-0.25, -0.2) is 0 Å². The minimum Gasteiger partial charge on any atom is -0.273 e. The molecule has 19 heavy (non-hydrogen) atoms. The normalized spacial score (nSPS) is 13.9. The number of nitrogens with one attached hydrogen (secondary N) is 1. The molecule has 1 fully saturated rings. The van der Waals surface area contributed by atoms with E-state index in [2.05, 4.69) is 15.6 Å². The number of anilines is 1. The van der Waals surface area contributed by atoms with Crippen LogP contribution < -0.4 is 10.4 Å². The Labute approximate surface area is 117 Å². The summed E-state index contributed by atoms with van der Waals surface area (Å²) in [5.74, 6) is 0.685. The van der Waals surface area contributed by atoms with E-state index in [4.69, 9.17) is 0 Å². The molecule has 0 atom stereocenters. The van der Waals surface area contributed by atoms with Gasteiger partial charge in [0.15, 0.2) is 5.82 Å². The molecule has 6 heteroatoms. The molecule has 0 spiro atoms. The third-order valence-electron chi connectivity index (χ3n) is 2.82. The zero-order chi connectivity index (χ0) is 12.4. The fourth-order valence-electron chi connectivity index (χ4n) is 1.88. The molecule has 1 amide bonds. The van der Waals surface area contributed by atoms with Gasteiger partial charge in [-0.1, -0.05) is 30.3 Å². The largest absolute Gasteiger partial charge is 0.273 e. The highest BCUT2D eigenvalue weighted by atomic mass is 35.5. The Morgan fingerprint density at radius 1 is 1.05 bits per heavy atom. The van der Waals surface area contributed by atoms with E-state index in [0.29, 0.717) is 18.8 Å². The van der Waals surface area contributed by atoms with E-state index in [1.807, 2.05) is 42.5 Å². The molecule has 0 unspecified atom stereocenters. The first kappa shape index (κ1) is 13.3. The van der Waals surface area contributed by atoms with Crippen molar-refractivity contribution in [1.29, 1.82) is 0 Å². The first-order valence-electron chi connectivity index (χ1n) is 5.79. The summed E-state index contributed by atoms with van der Waals surface area (Å²) in [5, 5.41) is 10.0. The van der Waals surface area contributed by atoms with Crippen LogP contribution in [0, 0.1) is 0 Å². The molecule has 0 aliphatic carbocycles. The Morgan fingerprint density at radius 3 is 2.42 bits per heavy atom. The molecule has 1 aromatic heterocycles. The number of carbonyl (C=O) groups excluding carboxylic acids is 1. The summed E-state index contributed by atoms with van der Waals surface area (Å²) in [6, 6.07) is 13.6. The molecule has 1 N–H and O–H groups in total. The van der Waals surface area contributed by atoms with Gasteiger partial charge < -0.3 is 0 Å². The molecule has 1 saturated heterocycles. The van der Waals surface area contributed by atoms with E-state index < -0.39 is 0 Å². The van der Waals surface area contributed by atoms with E-state index in [1.54, 1.807) is 5.01 Å². The minimum absolute atomic E-state index is 0. The summed E-state index contributed by atoms with van der Waals surface area (Å²) in [5.41, 5.74) is 4.57. The van der Waals surface area contributed by atoms with Crippen LogP contribution in [0.15, 0.2) is 42.5 Å². The Kier molecular flexibility index (Phi) is 3.97. The lowest BCUT2D eigenvalue weighted by atomic mass is 10.1. The van der Waals surface area contributed by atoms with Gasteiger partial charge in [0.2, 0.25) is 5.91 Å². The molecule has 0 bridgehead atoms. The van der Waals surface area contributed by atoms with Crippen LogP contribution >= 0.6 is 12.4 Å². The first-order chi connectivity index (χ1) is 8.83. The summed E-state index contributed by atoms with van der Waals surface area (Å²) < 4.78 is 0. The van der Waals surface area contributed by atoms with E-state index in [0.717, 1.165) is 11.3 Å². The molecule has 1 aliphatic rings. The third kappa shape index (κ3) is 2.82. The lowest BCUT2D eigenvalue weighted by molar-refractivity contribution is -0.119. The van der Waals surface area contributed by atoms with Gasteiger partial charge in [0, 0.05) is 12.0 Å². The van der Waals surface area contributed by atoms with Crippen LogP contribution in [-0.2, 0) is 4.79 Å². The van der Waals surface area contributed by atoms with Crippen LogP contribution in [0.1, 0.15) is 6.42 Å². The average molecular weight is 277 g/mol. The SMILES string of the molecule is Cl.O=C1CCN(c2ccc(-c3ccccc3)nn2)N1. The van der Waals surface area contributed by atoms with Crippen LogP contribution in [0.5, 0.6) is 0 Å². The van der Waals surface area contributed by atoms with Crippen LogP contribution in [-0.4, -0.2) is 22.6 Å². The number of carbonyl (C=O) groups is 1. The lowest BCUT2D eigenvalue weighted by Crippen LogP contribution is -2.33. The standard InChI is InChI=1S/C13H12N4O.ClH/c18-13-8-9-17(16-13)12-7-6-11(14-15-12)10-4-2-1-3-5-10;/h1-7H,8-9H2,(H,16,18);1H. The number of hydrazine groups is 1. The van der Waals surface area contributed by atoms with E-state index in [-0.39, 0.29) is 18.3 Å². The highest BCUT2D eigenvalue weighted by Gasteiger charge is 2.19. The van der Waals surface area contributed by atoms with Gasteiger partial charge >= 0.3 is 0 Å². The van der Waals surface area contributed by atoms with Crippen LogP contribution in [0.2, 0.25) is 0 Å². The van der Waals surface area contributed by atoms with Crippen LogP contribution in [0.25, 0.3) is 11.3 Å². The first-order valence-corrected chi connectivity index (χ1v) is 5.79. The number of hydrogen-bond donors (Lipinski definition) is 1. The molecule has 2 aromatic rings. The highest BCUT2D eigenvalue weighted by Crippen LogP contribution is 2.18. The third-order valence-corrected chi connectivity index (χ3v) is 2.82. The van der Waals surface area contributed by atoms with Crippen molar-refractivity contribution in [2.24, 2.45) is 0 Å². The molecule has 0 saturated carbocycles. The number of nitrogens with zero attached hydrogens (tertiary/aromatic N) is 3. The molecular formula is C13H13ClN4O. The summed E-state index contributed by atoms with van der Waals surface area (Å²) in [6.07, 6.45) is 0.502. The van der Waals surface area contributed by atoms with Crippen molar-refractivity contribution in [1.82, 2.24) is 15.6 Å². The quantitative estimate of drug-likeness (QED) is 0.909. The maximum Gasteiger partial charge on any atom is 0.240 e. The monoisotopic (exact) mass is 276 g/mol. The smallest absolute Gasteiger partial charge is 0.240 e. The topological polar surface area (TPSA) is 58.1 Å². The average Bonchev–Trinajstić information content (AvgIpc) is 2.87. The van der Waals surface area contributed by atoms with Gasteiger partial charge in [0.1, 0.15) is 0 Å². The molecule has 1 aromatic carbocycles. The fourth-order valence-corrected chi connectivity index (χ4v) is 1.88. The maximum atomic E-state index is 11.1. The molecule has 5 nitrogen and oxygen atoms in total. The molecule has 0 radical (unpaired) electrons. The minimum atomic E-state index is 0. The zero-order valence-corrected chi connectivity index (χ0v) is 10.9. The molecule has 1 aliphatic heterocycles. The van der Waals surface area contributed by atoms with Gasteiger partial charge in [0.05, 0.1) is 12.2 Å². The summed E-state index contributed by atoms with van der Waals surface area (Å²) in [4.78, 5) is 11.1. The van der Waals surface area contributed by atoms with Crippen LogP contribution in [0.3, 0.4) is 0 Å². The summed E-state index contributed by atoms with van der Waals surface area (Å²) in [6.45, 7) is 0.637. The maximum absolute atomic E-state index is 11.1. The molecule has 2 heterocycles. The van der Waals surface area contributed by atoms with Gasteiger partial charge in [-0.2, -0.15) is 0 Å². The molecule has 3 rings (SSSR count). The second kappa shape index (κ2) is 5.67. The number of halogens is 1. The Bertz CT molecular complexity index is 559. The predicted molar refractivity (Wildman–Crippen MR) is 74.8 cm³/mol. The number of rotatable bonds is 2. The number of amides is 1. The summed E-state index contributed by atoms with van der Waals surface area (Å²) in [7, 11) is 0. The van der Waals surface area contributed by atoms with Gasteiger partial charge in [-0.15, -0.1) is 22.6 Å². The zero-order valence-electron chi connectivity index (χ0n) is 10.1. The van der Waals surface area contributed by atoms with Crippen molar-refractivity contribution in [3.8, 4) is 11.3 Å². The number of hydrogen-bond acceptors (Lipinski definition) is 4. The van der Waals surface area contributed by atoms with Crippen molar-refractivity contribution in [2.45, 2.75) is 6.42 Å². The van der Waals surface area contributed by atoms with Crippen molar-refractivity contribution in [3.63, 3.8) is 0 Å². The number of aromatic nitrogens is 2. The molecule has 98 valence electrons. The second-order valence-corrected chi connectivity index (χ2v) is 4.08. The second-order valence-electron chi connectivity index (χ2n) is 4.08. The van der Waals surface area contributed by atoms with E-state index in [1.165, 1.54) is 0 Å². The molecular weight excluding hydrogens is 264 g/mol. The van der Waals surface area contributed by atoms with Crippen molar-refractivity contribution in [3.05, 3.63) is 42.5 Å². The van der Waals surface area contributed by atoms with Crippen molar-refractivity contribution < 1.29 is 4.79 Å². The lowest BCUT2D eigenvalue weighted by Gasteiger charge is -2.15. The van der Waals surface area contributed by atoms with Gasteiger partial charge in [-0.05, 0) is 12.1 Å². The van der Waals surface area contributed by atoms with Crippen molar-refractivity contribution >= 4 is 24.1 Å². The van der Waals surface area contributed by atoms with Gasteiger partial charge in [-0.3, -0.25) is 15.2 Å². The van der Waals surface area contributed by atoms with E-state index in [9.17, 15) is 4.79 Å². The number of benzene rings is 1. The Hall–Kier alpha value is -2.14. The Balaban J connectivity index is 0.00000133. The van der Waals surface area contributed by atoms with Crippen molar-refractivity contribution in [2.75, 3.05) is 11.6 Å². The predicted octanol–water partition coefficient (Wildman–Crippen LogP) is 1.81. The van der Waals surface area contributed by atoms with Gasteiger partial charge in [0.25, 0.3) is 0 Å². The van der Waals surface area contributed by atoms with E-state index >= 15 is 0 Å². The Morgan fingerprint density at radius 2 is 1.84 bits per heavy atom. The highest BCUT2D eigenvalue weighted by molar-refractivity contribution is 5.85. The fraction of sp³-hybridized carbons (Fsp3) is 0.154.